The third-order valence-electron chi connectivity index (χ3n) is 2.56. The standard InChI is InChI=1S/C13H19N3O3/c14-11(9-10-5-2-1-3-6-10)12(17)15-7-4-8-16-13(18)19/h1-3,5-6,11,16H,4,7-9,14H2,(H,15,17)(H,18,19). The van der Waals surface area contributed by atoms with Gasteiger partial charge in [-0.1, -0.05) is 30.3 Å². The van der Waals surface area contributed by atoms with E-state index >= 15 is 0 Å². The van der Waals surface area contributed by atoms with E-state index in [1.165, 1.54) is 0 Å². The van der Waals surface area contributed by atoms with E-state index in [0.717, 1.165) is 5.56 Å². The van der Waals surface area contributed by atoms with Crippen LogP contribution in [-0.4, -0.2) is 36.2 Å². The van der Waals surface area contributed by atoms with Gasteiger partial charge in [-0.05, 0) is 18.4 Å². The van der Waals surface area contributed by atoms with Crippen molar-refractivity contribution in [2.75, 3.05) is 13.1 Å². The predicted octanol–water partition coefficient (Wildman–Crippen LogP) is 0.330. The molecule has 5 N–H and O–H groups in total. The molecule has 0 heterocycles. The summed E-state index contributed by atoms with van der Waals surface area (Å²) in [4.78, 5) is 21.9. The maximum Gasteiger partial charge on any atom is 0.404 e. The molecule has 0 aliphatic carbocycles. The van der Waals surface area contributed by atoms with Gasteiger partial charge in [0.1, 0.15) is 0 Å². The lowest BCUT2D eigenvalue weighted by Gasteiger charge is -2.12. The molecule has 6 nitrogen and oxygen atoms in total. The maximum absolute atomic E-state index is 11.7. The van der Waals surface area contributed by atoms with Crippen molar-refractivity contribution in [1.82, 2.24) is 10.6 Å². The number of hydrogen-bond acceptors (Lipinski definition) is 3. The molecule has 0 saturated heterocycles. The summed E-state index contributed by atoms with van der Waals surface area (Å²) in [6.45, 7) is 0.713. The molecule has 2 amide bonds. The van der Waals surface area contributed by atoms with Gasteiger partial charge in [-0.3, -0.25) is 4.79 Å². The van der Waals surface area contributed by atoms with Gasteiger partial charge in [0.2, 0.25) is 5.91 Å². The molecule has 0 bridgehead atoms. The Kier molecular flexibility index (Phi) is 6.38. The summed E-state index contributed by atoms with van der Waals surface area (Å²) in [5.74, 6) is -0.223. The van der Waals surface area contributed by atoms with Crippen molar-refractivity contribution in [3.05, 3.63) is 35.9 Å². The Morgan fingerprint density at radius 1 is 1.16 bits per heavy atom. The summed E-state index contributed by atoms with van der Waals surface area (Å²) in [5.41, 5.74) is 6.80. The summed E-state index contributed by atoms with van der Waals surface area (Å²) in [5, 5.41) is 13.3. The minimum Gasteiger partial charge on any atom is -0.465 e. The Morgan fingerprint density at radius 3 is 2.42 bits per heavy atom. The molecule has 0 spiro atoms. The molecule has 0 aromatic heterocycles. The van der Waals surface area contributed by atoms with Crippen molar-refractivity contribution in [1.29, 1.82) is 0 Å². The van der Waals surface area contributed by atoms with Gasteiger partial charge in [0.15, 0.2) is 0 Å². The first-order valence-corrected chi connectivity index (χ1v) is 6.13. The summed E-state index contributed by atoms with van der Waals surface area (Å²) in [7, 11) is 0. The van der Waals surface area contributed by atoms with Gasteiger partial charge < -0.3 is 21.5 Å². The number of nitrogens with one attached hydrogen (secondary N) is 2. The average Bonchev–Trinajstić information content (AvgIpc) is 2.38. The fourth-order valence-electron chi connectivity index (χ4n) is 1.59. The van der Waals surface area contributed by atoms with E-state index in [1.807, 2.05) is 30.3 Å². The molecule has 1 aromatic carbocycles. The normalized spacial score (nSPS) is 11.6. The molecule has 1 rings (SSSR count). The number of carbonyl (C=O) groups is 2. The molecule has 104 valence electrons. The smallest absolute Gasteiger partial charge is 0.404 e. The first-order chi connectivity index (χ1) is 9.09. The highest BCUT2D eigenvalue weighted by molar-refractivity contribution is 5.81. The van der Waals surface area contributed by atoms with Gasteiger partial charge in [-0.2, -0.15) is 0 Å². The van der Waals surface area contributed by atoms with Crippen molar-refractivity contribution in [2.24, 2.45) is 5.73 Å². The van der Waals surface area contributed by atoms with Crippen LogP contribution < -0.4 is 16.4 Å². The molecule has 1 unspecified atom stereocenters. The molecule has 0 saturated carbocycles. The highest BCUT2D eigenvalue weighted by atomic mass is 16.4. The third kappa shape index (κ3) is 6.42. The van der Waals surface area contributed by atoms with Crippen LogP contribution in [0.15, 0.2) is 30.3 Å². The van der Waals surface area contributed by atoms with Crippen molar-refractivity contribution in [3.63, 3.8) is 0 Å². The second-order valence-electron chi connectivity index (χ2n) is 4.17. The van der Waals surface area contributed by atoms with E-state index in [4.69, 9.17) is 10.8 Å². The fourth-order valence-corrected chi connectivity index (χ4v) is 1.59. The molecule has 0 fully saturated rings. The van der Waals surface area contributed by atoms with Crippen LogP contribution in [0.3, 0.4) is 0 Å². The van der Waals surface area contributed by atoms with Crippen molar-refractivity contribution < 1.29 is 14.7 Å². The van der Waals surface area contributed by atoms with Crippen LogP contribution in [0.25, 0.3) is 0 Å². The Labute approximate surface area is 112 Å². The van der Waals surface area contributed by atoms with E-state index in [0.29, 0.717) is 25.9 Å². The highest BCUT2D eigenvalue weighted by Crippen LogP contribution is 2.01. The van der Waals surface area contributed by atoms with Crippen LogP contribution in [0.5, 0.6) is 0 Å². The highest BCUT2D eigenvalue weighted by Gasteiger charge is 2.12. The van der Waals surface area contributed by atoms with Crippen LogP contribution in [0.2, 0.25) is 0 Å². The molecule has 1 aromatic rings. The predicted molar refractivity (Wildman–Crippen MR) is 71.8 cm³/mol. The molecule has 1 atom stereocenters. The van der Waals surface area contributed by atoms with Gasteiger partial charge in [0.25, 0.3) is 0 Å². The van der Waals surface area contributed by atoms with Gasteiger partial charge in [-0.25, -0.2) is 4.79 Å². The minimum atomic E-state index is -1.06. The van der Waals surface area contributed by atoms with E-state index < -0.39 is 12.1 Å². The summed E-state index contributed by atoms with van der Waals surface area (Å²) < 4.78 is 0. The van der Waals surface area contributed by atoms with E-state index in [-0.39, 0.29) is 5.91 Å². The van der Waals surface area contributed by atoms with Gasteiger partial charge in [-0.15, -0.1) is 0 Å². The lowest BCUT2D eigenvalue weighted by molar-refractivity contribution is -0.122. The summed E-state index contributed by atoms with van der Waals surface area (Å²) in [6, 6.07) is 8.96. The lowest BCUT2D eigenvalue weighted by Crippen LogP contribution is -2.42. The topological polar surface area (TPSA) is 104 Å². The molecule has 0 aliphatic rings. The Morgan fingerprint density at radius 2 is 1.79 bits per heavy atom. The van der Waals surface area contributed by atoms with E-state index in [9.17, 15) is 9.59 Å². The first-order valence-electron chi connectivity index (χ1n) is 6.13. The molecule has 0 aliphatic heterocycles. The van der Waals surface area contributed by atoms with Crippen LogP contribution in [0, 0.1) is 0 Å². The van der Waals surface area contributed by atoms with Gasteiger partial charge >= 0.3 is 6.09 Å². The lowest BCUT2D eigenvalue weighted by atomic mass is 10.1. The zero-order valence-electron chi connectivity index (χ0n) is 10.6. The number of rotatable bonds is 7. The van der Waals surface area contributed by atoms with Crippen LogP contribution in [0.4, 0.5) is 4.79 Å². The van der Waals surface area contributed by atoms with Crippen molar-refractivity contribution in [3.8, 4) is 0 Å². The number of amides is 2. The monoisotopic (exact) mass is 265 g/mol. The Balaban J connectivity index is 2.20. The van der Waals surface area contributed by atoms with E-state index in [1.54, 1.807) is 0 Å². The Hall–Kier alpha value is -2.08. The molecule has 0 radical (unpaired) electrons. The summed E-state index contributed by atoms with van der Waals surface area (Å²) in [6.07, 6.45) is -0.0389. The second kappa shape index (κ2) is 8.10. The fraction of sp³-hybridized carbons (Fsp3) is 0.385. The SMILES string of the molecule is NC(Cc1ccccc1)C(=O)NCCCNC(=O)O. The quantitative estimate of drug-likeness (QED) is 0.533. The maximum atomic E-state index is 11.7. The largest absolute Gasteiger partial charge is 0.465 e. The Bertz CT molecular complexity index is 409. The zero-order valence-corrected chi connectivity index (χ0v) is 10.6. The number of carbonyl (C=O) groups excluding carboxylic acids is 1. The average molecular weight is 265 g/mol. The summed E-state index contributed by atoms with van der Waals surface area (Å²) >= 11 is 0. The zero-order chi connectivity index (χ0) is 14.1. The first kappa shape index (κ1) is 15.0. The number of benzene rings is 1. The second-order valence-corrected chi connectivity index (χ2v) is 4.17. The van der Waals surface area contributed by atoms with Crippen molar-refractivity contribution >= 4 is 12.0 Å². The van der Waals surface area contributed by atoms with Gasteiger partial charge in [0, 0.05) is 13.1 Å². The number of nitrogens with two attached hydrogens (primary N) is 1. The number of carboxylic acid groups (broad SMARTS) is 1. The number of hydrogen-bond donors (Lipinski definition) is 4. The molecule has 19 heavy (non-hydrogen) atoms. The third-order valence-corrected chi connectivity index (χ3v) is 2.56. The van der Waals surface area contributed by atoms with Crippen molar-refractivity contribution in [2.45, 2.75) is 18.9 Å². The van der Waals surface area contributed by atoms with Gasteiger partial charge in [0.05, 0.1) is 6.04 Å². The molecular weight excluding hydrogens is 246 g/mol. The van der Waals surface area contributed by atoms with Crippen LogP contribution in [-0.2, 0) is 11.2 Å². The van der Waals surface area contributed by atoms with E-state index in [2.05, 4.69) is 10.6 Å². The van der Waals surface area contributed by atoms with Crippen LogP contribution in [0.1, 0.15) is 12.0 Å². The molecular formula is C13H19N3O3. The molecule has 6 heteroatoms. The minimum absolute atomic E-state index is 0.223. The van der Waals surface area contributed by atoms with Crippen LogP contribution >= 0.6 is 0 Å².